The average Bonchev–Trinajstić information content (AvgIpc) is 2.75. The Balaban J connectivity index is 1.66. The molecule has 1 atom stereocenters. The zero-order valence-electron chi connectivity index (χ0n) is 17.6. The van der Waals surface area contributed by atoms with Gasteiger partial charge in [-0.25, -0.2) is 9.37 Å². The van der Waals surface area contributed by atoms with Crippen LogP contribution in [0.5, 0.6) is 17.2 Å². The van der Waals surface area contributed by atoms with Crippen LogP contribution in [0.3, 0.4) is 0 Å². The van der Waals surface area contributed by atoms with Crippen LogP contribution in [0.2, 0.25) is 0 Å². The van der Waals surface area contributed by atoms with Crippen LogP contribution in [0, 0.1) is 5.82 Å². The lowest BCUT2D eigenvalue weighted by Gasteiger charge is -2.34. The lowest BCUT2D eigenvalue weighted by atomic mass is 10.1. The third-order valence-electron chi connectivity index (χ3n) is 5.10. The highest BCUT2D eigenvalue weighted by molar-refractivity contribution is 5.81. The number of ether oxygens (including phenoxy) is 3. The van der Waals surface area contributed by atoms with Crippen LogP contribution in [-0.2, 0) is 4.74 Å². The van der Waals surface area contributed by atoms with Gasteiger partial charge in [0.25, 0.3) is 0 Å². The first-order chi connectivity index (χ1) is 14.9. The molecule has 4 rings (SSSR count). The molecule has 0 radical (unpaired) electrons. The number of rotatable bonds is 5. The summed E-state index contributed by atoms with van der Waals surface area (Å²) in [5.74, 6) is 0.902. The zero-order chi connectivity index (χ0) is 22.1. The molecule has 1 aliphatic rings. The van der Waals surface area contributed by atoms with E-state index in [-0.39, 0.29) is 17.6 Å². The van der Waals surface area contributed by atoms with E-state index in [1.807, 2.05) is 18.7 Å². The minimum Gasteiger partial charge on any atom is -0.504 e. The number of anilines is 1. The second-order valence-electron chi connectivity index (χ2n) is 7.05. The van der Waals surface area contributed by atoms with Gasteiger partial charge in [-0.3, -0.25) is 4.98 Å². The predicted octanol–water partition coefficient (Wildman–Crippen LogP) is 5.10. The van der Waals surface area contributed by atoms with E-state index in [2.05, 4.69) is 9.97 Å². The third-order valence-corrected chi connectivity index (χ3v) is 5.10. The van der Waals surface area contributed by atoms with Gasteiger partial charge in [0.15, 0.2) is 28.8 Å². The van der Waals surface area contributed by atoms with Crippen molar-refractivity contribution < 1.29 is 23.7 Å². The van der Waals surface area contributed by atoms with Crippen LogP contribution >= 0.6 is 0 Å². The van der Waals surface area contributed by atoms with Crippen molar-refractivity contribution in [2.24, 2.45) is 0 Å². The van der Waals surface area contributed by atoms with Crippen molar-refractivity contribution >= 4 is 16.7 Å². The van der Waals surface area contributed by atoms with Gasteiger partial charge in [0.1, 0.15) is 11.3 Å². The van der Waals surface area contributed by atoms with Gasteiger partial charge in [-0.1, -0.05) is 0 Å². The SMILES string of the molecule is COC1=C(C)N(c2ccc(Oc3ccnc4cc(OC)cnc34)c(F)c2)C(C)C=C1O. The highest BCUT2D eigenvalue weighted by Crippen LogP contribution is 2.35. The molecule has 1 N–H and O–H groups in total. The Kier molecular flexibility index (Phi) is 5.37. The Hall–Kier alpha value is -3.81. The fourth-order valence-corrected chi connectivity index (χ4v) is 3.68. The molecule has 1 aliphatic heterocycles. The molecule has 3 aromatic rings. The minimum atomic E-state index is -0.534. The lowest BCUT2D eigenvalue weighted by molar-refractivity contribution is 0.246. The van der Waals surface area contributed by atoms with E-state index < -0.39 is 5.82 Å². The largest absolute Gasteiger partial charge is 0.504 e. The van der Waals surface area contributed by atoms with E-state index in [1.165, 1.54) is 13.2 Å². The number of hydrogen-bond acceptors (Lipinski definition) is 7. The Labute approximate surface area is 179 Å². The molecule has 1 aromatic carbocycles. The first-order valence-electron chi connectivity index (χ1n) is 9.64. The Morgan fingerprint density at radius 1 is 1.06 bits per heavy atom. The summed E-state index contributed by atoms with van der Waals surface area (Å²) in [4.78, 5) is 10.5. The van der Waals surface area contributed by atoms with Gasteiger partial charge in [0.05, 0.1) is 37.7 Å². The fraction of sp³-hybridized carbons (Fsp3) is 0.217. The summed E-state index contributed by atoms with van der Waals surface area (Å²) in [6.07, 6.45) is 4.77. The first-order valence-corrected chi connectivity index (χ1v) is 9.64. The molecule has 0 saturated carbocycles. The van der Waals surface area contributed by atoms with Gasteiger partial charge >= 0.3 is 0 Å². The lowest BCUT2D eigenvalue weighted by Crippen LogP contribution is -2.34. The molecule has 2 aromatic heterocycles. The standard InChI is InChI=1S/C23H22FN3O4/c1-13-9-19(28)23(30-4)14(2)27(13)15-5-6-20(17(24)10-15)31-21-7-8-25-18-11-16(29-3)12-26-22(18)21/h5-13,28H,1-4H3. The van der Waals surface area contributed by atoms with Crippen molar-refractivity contribution in [3.8, 4) is 17.2 Å². The fourth-order valence-electron chi connectivity index (χ4n) is 3.68. The Bertz CT molecular complexity index is 1210. The molecule has 160 valence electrons. The maximum absolute atomic E-state index is 15.0. The van der Waals surface area contributed by atoms with E-state index >= 15 is 0 Å². The summed E-state index contributed by atoms with van der Waals surface area (Å²) >= 11 is 0. The molecular weight excluding hydrogens is 401 g/mol. The predicted molar refractivity (Wildman–Crippen MR) is 115 cm³/mol. The smallest absolute Gasteiger partial charge is 0.179 e. The van der Waals surface area contributed by atoms with Gasteiger partial charge in [-0.05, 0) is 32.1 Å². The molecule has 0 saturated heterocycles. The number of pyridine rings is 2. The van der Waals surface area contributed by atoms with Crippen molar-refractivity contribution in [2.45, 2.75) is 19.9 Å². The number of benzene rings is 1. The first kappa shape index (κ1) is 20.5. The molecule has 8 heteroatoms. The van der Waals surface area contributed by atoms with E-state index in [0.717, 1.165) is 0 Å². The van der Waals surface area contributed by atoms with Gasteiger partial charge < -0.3 is 24.2 Å². The third kappa shape index (κ3) is 3.72. The zero-order valence-corrected chi connectivity index (χ0v) is 17.6. The minimum absolute atomic E-state index is 0.0607. The molecule has 0 bridgehead atoms. The van der Waals surface area contributed by atoms with Gasteiger partial charge in [-0.2, -0.15) is 0 Å². The molecule has 1 unspecified atom stereocenters. The van der Waals surface area contributed by atoms with E-state index in [9.17, 15) is 9.50 Å². The molecule has 7 nitrogen and oxygen atoms in total. The van der Waals surface area contributed by atoms with Gasteiger partial charge in [0.2, 0.25) is 0 Å². The van der Waals surface area contributed by atoms with Crippen molar-refractivity contribution in [2.75, 3.05) is 19.1 Å². The maximum atomic E-state index is 15.0. The van der Waals surface area contributed by atoms with E-state index in [1.54, 1.807) is 49.8 Å². The average molecular weight is 423 g/mol. The Morgan fingerprint density at radius 2 is 1.87 bits per heavy atom. The Morgan fingerprint density at radius 3 is 2.58 bits per heavy atom. The highest BCUT2D eigenvalue weighted by Gasteiger charge is 2.26. The summed E-state index contributed by atoms with van der Waals surface area (Å²) in [6.45, 7) is 3.71. The van der Waals surface area contributed by atoms with Crippen LogP contribution in [0.4, 0.5) is 10.1 Å². The summed E-state index contributed by atoms with van der Waals surface area (Å²) in [5, 5.41) is 10.1. The summed E-state index contributed by atoms with van der Waals surface area (Å²) in [6, 6.07) is 7.88. The van der Waals surface area contributed by atoms with Crippen molar-refractivity contribution in [1.82, 2.24) is 9.97 Å². The second-order valence-corrected chi connectivity index (χ2v) is 7.05. The number of nitrogens with zero attached hydrogens (tertiary/aromatic N) is 3. The van der Waals surface area contributed by atoms with Crippen molar-refractivity contribution in [3.05, 3.63) is 71.8 Å². The number of halogens is 1. The van der Waals surface area contributed by atoms with Crippen LogP contribution in [0.15, 0.2) is 66.0 Å². The highest BCUT2D eigenvalue weighted by atomic mass is 19.1. The number of methoxy groups -OCH3 is 2. The molecule has 0 aliphatic carbocycles. The van der Waals surface area contributed by atoms with Crippen molar-refractivity contribution in [1.29, 1.82) is 0 Å². The maximum Gasteiger partial charge on any atom is 0.179 e. The van der Waals surface area contributed by atoms with Gasteiger partial charge in [-0.15, -0.1) is 0 Å². The molecule has 3 heterocycles. The summed E-state index contributed by atoms with van der Waals surface area (Å²) < 4.78 is 31.3. The molecule has 0 spiro atoms. The van der Waals surface area contributed by atoms with Gasteiger partial charge in [0, 0.05) is 30.1 Å². The van der Waals surface area contributed by atoms with Crippen LogP contribution in [0.25, 0.3) is 11.0 Å². The summed E-state index contributed by atoms with van der Waals surface area (Å²) in [5.41, 5.74) is 2.37. The van der Waals surface area contributed by atoms with Crippen LogP contribution in [0.1, 0.15) is 13.8 Å². The number of allylic oxidation sites excluding steroid dienone is 1. The van der Waals surface area contributed by atoms with E-state index in [4.69, 9.17) is 14.2 Å². The normalized spacial score (nSPS) is 16.4. The van der Waals surface area contributed by atoms with Crippen molar-refractivity contribution in [3.63, 3.8) is 0 Å². The molecule has 0 amide bonds. The number of aliphatic hydroxyl groups is 1. The molecule has 31 heavy (non-hydrogen) atoms. The van der Waals surface area contributed by atoms with Crippen LogP contribution in [-0.4, -0.2) is 35.3 Å². The molecular formula is C23H22FN3O4. The monoisotopic (exact) mass is 423 g/mol. The quantitative estimate of drug-likeness (QED) is 0.612. The topological polar surface area (TPSA) is 76.9 Å². The number of aromatic nitrogens is 2. The number of aliphatic hydroxyl groups excluding tert-OH is 1. The number of fused-ring (bicyclic) bond motifs is 1. The summed E-state index contributed by atoms with van der Waals surface area (Å²) in [7, 11) is 3.03. The van der Waals surface area contributed by atoms with Crippen LogP contribution < -0.4 is 14.4 Å². The number of hydrogen-bond donors (Lipinski definition) is 1. The molecule has 0 fully saturated rings. The van der Waals surface area contributed by atoms with E-state index in [0.29, 0.717) is 39.7 Å². The second kappa shape index (κ2) is 8.14.